The highest BCUT2D eigenvalue weighted by Gasteiger charge is 2.36. The fraction of sp³-hybridized carbons (Fsp3) is 0.182. The largest absolute Gasteiger partial charge is 0.490 e. The summed E-state index contributed by atoms with van der Waals surface area (Å²) < 4.78 is 50.9. The number of halogens is 3. The number of nitrogens with zero attached hydrogens (tertiary/aromatic N) is 1. The fourth-order valence-corrected chi connectivity index (χ4v) is 3.73. The Labute approximate surface area is 201 Å². The van der Waals surface area contributed by atoms with Gasteiger partial charge in [-0.1, -0.05) is 6.07 Å². The van der Waals surface area contributed by atoms with E-state index in [0.29, 0.717) is 28.3 Å². The Bertz CT molecular complexity index is 1240. The molecule has 3 N–H and O–H groups in total. The number of benzene rings is 2. The molecule has 1 aliphatic heterocycles. The van der Waals surface area contributed by atoms with E-state index < -0.39 is 52.6 Å². The predicted octanol–water partition coefficient (Wildman–Crippen LogP) is 3.04. The van der Waals surface area contributed by atoms with E-state index in [4.69, 9.17) is 15.2 Å². The number of carbonyl (C=O) groups excluding carboxylic acids is 4. The molecule has 13 heteroatoms. The second kappa shape index (κ2) is 11.0. The Morgan fingerprint density at radius 3 is 2.51 bits per heavy atom. The first kappa shape index (κ1) is 25.6. The minimum atomic E-state index is -1.77. The highest BCUT2D eigenvalue weighted by molar-refractivity contribution is 8.18. The maximum absolute atomic E-state index is 13.8. The number of hydrogen-bond donors (Lipinski definition) is 2. The maximum Gasteiger partial charge on any atom is 0.294 e. The van der Waals surface area contributed by atoms with Gasteiger partial charge in [0.1, 0.15) is 6.54 Å². The summed E-state index contributed by atoms with van der Waals surface area (Å²) >= 11 is 0.572. The van der Waals surface area contributed by atoms with Gasteiger partial charge in [-0.3, -0.25) is 24.1 Å². The number of anilines is 1. The van der Waals surface area contributed by atoms with Crippen LogP contribution in [-0.2, 0) is 14.4 Å². The molecule has 0 bridgehead atoms. The molecule has 0 radical (unpaired) electrons. The molecule has 0 unspecified atom stereocenters. The van der Waals surface area contributed by atoms with Gasteiger partial charge in [-0.25, -0.2) is 13.2 Å². The second-order valence-electron chi connectivity index (χ2n) is 6.93. The normalized spacial score (nSPS) is 14.4. The van der Waals surface area contributed by atoms with Crippen molar-refractivity contribution < 1.29 is 41.8 Å². The molecule has 9 nitrogen and oxygen atoms in total. The van der Waals surface area contributed by atoms with Crippen LogP contribution in [-0.4, -0.2) is 47.6 Å². The Morgan fingerprint density at radius 2 is 1.83 bits per heavy atom. The van der Waals surface area contributed by atoms with Crippen molar-refractivity contribution in [2.45, 2.75) is 6.92 Å². The summed E-state index contributed by atoms with van der Waals surface area (Å²) in [6.45, 7) is 0.868. The van der Waals surface area contributed by atoms with Crippen molar-refractivity contribution in [2.75, 3.05) is 25.1 Å². The molecule has 1 saturated heterocycles. The third-order valence-electron chi connectivity index (χ3n) is 4.42. The molecule has 0 atom stereocenters. The Morgan fingerprint density at radius 1 is 1.09 bits per heavy atom. The maximum atomic E-state index is 13.8. The zero-order valence-corrected chi connectivity index (χ0v) is 18.9. The molecule has 2 aromatic rings. The number of rotatable bonds is 9. The van der Waals surface area contributed by atoms with Gasteiger partial charge in [-0.15, -0.1) is 0 Å². The zero-order chi connectivity index (χ0) is 25.7. The number of hydrogen-bond acceptors (Lipinski definition) is 7. The molecule has 0 aliphatic carbocycles. The Kier molecular flexibility index (Phi) is 8.02. The van der Waals surface area contributed by atoms with Crippen LogP contribution in [0.4, 0.5) is 23.7 Å². The SMILES string of the molecule is CCOc1cc(/C=C2\SC(=O)N(CC(=O)Nc3ccc(F)c(F)c3F)C2=O)ccc1OCC(N)=O. The monoisotopic (exact) mass is 509 g/mol. The predicted molar refractivity (Wildman–Crippen MR) is 120 cm³/mol. The summed E-state index contributed by atoms with van der Waals surface area (Å²) in [5, 5.41) is 1.24. The van der Waals surface area contributed by atoms with Gasteiger partial charge in [0.25, 0.3) is 17.1 Å². The van der Waals surface area contributed by atoms with E-state index in [-0.39, 0.29) is 29.6 Å². The van der Waals surface area contributed by atoms with E-state index >= 15 is 0 Å². The lowest BCUT2D eigenvalue weighted by Crippen LogP contribution is -2.36. The number of imide groups is 1. The van der Waals surface area contributed by atoms with Crippen LogP contribution in [0.15, 0.2) is 35.2 Å². The van der Waals surface area contributed by atoms with Crippen molar-refractivity contribution in [3.63, 3.8) is 0 Å². The lowest BCUT2D eigenvalue weighted by Gasteiger charge is -2.13. The van der Waals surface area contributed by atoms with Gasteiger partial charge in [-0.05, 0) is 54.6 Å². The van der Waals surface area contributed by atoms with E-state index in [1.807, 2.05) is 5.32 Å². The van der Waals surface area contributed by atoms with E-state index in [1.165, 1.54) is 18.2 Å². The quantitative estimate of drug-likeness (QED) is 0.393. The second-order valence-corrected chi connectivity index (χ2v) is 7.93. The van der Waals surface area contributed by atoms with E-state index in [9.17, 15) is 32.3 Å². The zero-order valence-electron chi connectivity index (χ0n) is 18.1. The molecule has 0 saturated carbocycles. The third kappa shape index (κ3) is 6.12. The molecule has 0 aromatic heterocycles. The molecule has 184 valence electrons. The number of ether oxygens (including phenoxy) is 2. The van der Waals surface area contributed by atoms with Crippen molar-refractivity contribution in [2.24, 2.45) is 5.73 Å². The number of carbonyl (C=O) groups is 4. The summed E-state index contributed by atoms with van der Waals surface area (Å²) in [7, 11) is 0. The van der Waals surface area contributed by atoms with Gasteiger partial charge in [0.15, 0.2) is 35.6 Å². The topological polar surface area (TPSA) is 128 Å². The number of thioether (sulfide) groups is 1. The van der Waals surface area contributed by atoms with Crippen molar-refractivity contribution in [3.8, 4) is 11.5 Å². The molecule has 1 fully saturated rings. The molecule has 1 aliphatic rings. The highest BCUT2D eigenvalue weighted by atomic mass is 32.2. The van der Waals surface area contributed by atoms with Crippen molar-refractivity contribution in [3.05, 3.63) is 58.3 Å². The average molecular weight is 509 g/mol. The lowest BCUT2D eigenvalue weighted by molar-refractivity contribution is -0.127. The van der Waals surface area contributed by atoms with E-state index in [1.54, 1.807) is 13.0 Å². The minimum Gasteiger partial charge on any atom is -0.490 e. The van der Waals surface area contributed by atoms with Crippen LogP contribution in [0.3, 0.4) is 0 Å². The lowest BCUT2D eigenvalue weighted by atomic mass is 10.2. The highest BCUT2D eigenvalue weighted by Crippen LogP contribution is 2.34. The third-order valence-corrected chi connectivity index (χ3v) is 5.33. The van der Waals surface area contributed by atoms with E-state index in [2.05, 4.69) is 0 Å². The van der Waals surface area contributed by atoms with Gasteiger partial charge < -0.3 is 20.5 Å². The van der Waals surface area contributed by atoms with Crippen LogP contribution in [0.1, 0.15) is 12.5 Å². The summed E-state index contributed by atoms with van der Waals surface area (Å²) in [6, 6.07) is 6.00. The number of amides is 4. The molecular formula is C22H18F3N3O6S. The summed E-state index contributed by atoms with van der Waals surface area (Å²) in [5.74, 6) is -6.75. The van der Waals surface area contributed by atoms with Crippen LogP contribution in [0, 0.1) is 17.5 Å². The van der Waals surface area contributed by atoms with Crippen molar-refractivity contribution in [1.29, 1.82) is 0 Å². The standard InChI is InChI=1S/C22H18F3N3O6S/c1-2-33-15-7-11(3-6-14(15)34-10-17(26)29)8-16-21(31)28(22(32)35-16)9-18(30)27-13-5-4-12(23)19(24)20(13)25/h3-8H,2,9-10H2,1H3,(H2,26,29)(H,27,30)/b16-8-. The number of nitrogens with two attached hydrogens (primary N) is 1. The van der Waals surface area contributed by atoms with Crippen molar-refractivity contribution in [1.82, 2.24) is 4.90 Å². The molecule has 35 heavy (non-hydrogen) atoms. The van der Waals surface area contributed by atoms with Gasteiger partial charge >= 0.3 is 0 Å². The molecular weight excluding hydrogens is 491 g/mol. The number of nitrogens with one attached hydrogen (secondary N) is 1. The molecule has 3 rings (SSSR count). The van der Waals surface area contributed by atoms with Crippen LogP contribution in [0.2, 0.25) is 0 Å². The summed E-state index contributed by atoms with van der Waals surface area (Å²) in [4.78, 5) is 48.7. The van der Waals surface area contributed by atoms with Crippen LogP contribution in [0.5, 0.6) is 11.5 Å². The smallest absolute Gasteiger partial charge is 0.294 e. The minimum absolute atomic E-state index is 0.00457. The van der Waals surface area contributed by atoms with Gasteiger partial charge in [0.05, 0.1) is 17.2 Å². The van der Waals surface area contributed by atoms with Crippen LogP contribution >= 0.6 is 11.8 Å². The van der Waals surface area contributed by atoms with E-state index in [0.717, 1.165) is 6.07 Å². The van der Waals surface area contributed by atoms with Crippen molar-refractivity contribution >= 4 is 46.5 Å². The molecule has 2 aromatic carbocycles. The molecule has 0 spiro atoms. The average Bonchev–Trinajstić information content (AvgIpc) is 3.06. The Balaban J connectivity index is 1.73. The molecule has 1 heterocycles. The molecule has 4 amide bonds. The van der Waals surface area contributed by atoms with Crippen LogP contribution in [0.25, 0.3) is 6.08 Å². The van der Waals surface area contributed by atoms with Gasteiger partial charge in [0, 0.05) is 0 Å². The fourth-order valence-electron chi connectivity index (χ4n) is 2.89. The number of primary amides is 1. The summed E-state index contributed by atoms with van der Waals surface area (Å²) in [5.41, 5.74) is 4.89. The first-order valence-electron chi connectivity index (χ1n) is 9.97. The first-order valence-corrected chi connectivity index (χ1v) is 10.8. The van der Waals surface area contributed by atoms with Crippen LogP contribution < -0.4 is 20.5 Å². The Hall–Kier alpha value is -4.00. The van der Waals surface area contributed by atoms with Gasteiger partial charge in [-0.2, -0.15) is 0 Å². The summed E-state index contributed by atoms with van der Waals surface area (Å²) in [6.07, 6.45) is 1.39. The van der Waals surface area contributed by atoms with Gasteiger partial charge in [0.2, 0.25) is 5.91 Å². The first-order chi connectivity index (χ1) is 16.6.